The monoisotopic (exact) mass is 275 g/mol. The van der Waals surface area contributed by atoms with E-state index in [1.807, 2.05) is 17.7 Å². The number of fused-ring (bicyclic) bond motifs is 1. The van der Waals surface area contributed by atoms with Gasteiger partial charge >= 0.3 is 0 Å². The molecule has 0 atom stereocenters. The minimum atomic E-state index is -0.383. The summed E-state index contributed by atoms with van der Waals surface area (Å²) >= 11 is 0. The van der Waals surface area contributed by atoms with Crippen LogP contribution >= 0.6 is 0 Å². The number of ether oxygens (including phenoxy) is 1. The van der Waals surface area contributed by atoms with E-state index in [2.05, 4.69) is 4.98 Å². The molecule has 2 heterocycles. The Kier molecular flexibility index (Phi) is 3.14. The van der Waals surface area contributed by atoms with Crippen molar-refractivity contribution in [2.75, 3.05) is 18.1 Å². The molecule has 1 aromatic heterocycles. The van der Waals surface area contributed by atoms with Gasteiger partial charge in [0.15, 0.2) is 6.61 Å². The van der Waals surface area contributed by atoms with Gasteiger partial charge in [0, 0.05) is 31.5 Å². The van der Waals surface area contributed by atoms with Gasteiger partial charge in [0.05, 0.1) is 5.69 Å². The minimum absolute atomic E-state index is 0.0124. The van der Waals surface area contributed by atoms with E-state index in [4.69, 9.17) is 4.74 Å². The summed E-state index contributed by atoms with van der Waals surface area (Å²) < 4.78 is 20.6. The SMILES string of the molecule is Cc1nccn1CCN1C(=O)COc2ccc(F)cc21. The zero-order valence-electron chi connectivity index (χ0n) is 11.0. The fourth-order valence-electron chi connectivity index (χ4n) is 2.27. The molecule has 0 saturated heterocycles. The second kappa shape index (κ2) is 4.96. The summed E-state index contributed by atoms with van der Waals surface area (Å²) in [5.41, 5.74) is 0.485. The Morgan fingerprint density at radius 3 is 3.00 bits per heavy atom. The predicted molar refractivity (Wildman–Crippen MR) is 71.2 cm³/mol. The van der Waals surface area contributed by atoms with Gasteiger partial charge in [0.25, 0.3) is 5.91 Å². The van der Waals surface area contributed by atoms with Crippen LogP contribution in [0.5, 0.6) is 5.75 Å². The highest BCUT2D eigenvalue weighted by Gasteiger charge is 2.25. The number of aromatic nitrogens is 2. The van der Waals surface area contributed by atoms with Crippen molar-refractivity contribution in [1.29, 1.82) is 0 Å². The van der Waals surface area contributed by atoms with E-state index in [1.54, 1.807) is 17.2 Å². The van der Waals surface area contributed by atoms with Crippen LogP contribution in [0.1, 0.15) is 5.82 Å². The van der Waals surface area contributed by atoms with Crippen LogP contribution in [-0.4, -0.2) is 28.6 Å². The lowest BCUT2D eigenvalue weighted by molar-refractivity contribution is -0.121. The molecule has 0 aliphatic carbocycles. The number of carbonyl (C=O) groups is 1. The van der Waals surface area contributed by atoms with Gasteiger partial charge in [0.1, 0.15) is 17.4 Å². The van der Waals surface area contributed by atoms with Crippen molar-refractivity contribution < 1.29 is 13.9 Å². The number of hydrogen-bond donors (Lipinski definition) is 0. The zero-order valence-corrected chi connectivity index (χ0v) is 11.0. The van der Waals surface area contributed by atoms with Crippen LogP contribution in [0.4, 0.5) is 10.1 Å². The summed E-state index contributed by atoms with van der Waals surface area (Å²) in [4.78, 5) is 17.7. The molecule has 3 rings (SSSR count). The van der Waals surface area contributed by atoms with Gasteiger partial charge in [-0.15, -0.1) is 0 Å². The van der Waals surface area contributed by atoms with E-state index in [1.165, 1.54) is 12.1 Å². The molecule has 1 aliphatic rings. The Bertz CT molecular complexity index is 654. The predicted octanol–water partition coefficient (Wildman–Crippen LogP) is 1.76. The second-order valence-electron chi connectivity index (χ2n) is 4.61. The van der Waals surface area contributed by atoms with Crippen molar-refractivity contribution in [3.8, 4) is 5.75 Å². The minimum Gasteiger partial charge on any atom is -0.482 e. The Morgan fingerprint density at radius 1 is 1.40 bits per heavy atom. The van der Waals surface area contributed by atoms with Gasteiger partial charge < -0.3 is 14.2 Å². The van der Waals surface area contributed by atoms with Crippen molar-refractivity contribution in [2.45, 2.75) is 13.5 Å². The van der Waals surface area contributed by atoms with Crippen molar-refractivity contribution >= 4 is 11.6 Å². The van der Waals surface area contributed by atoms with Crippen LogP contribution in [0.25, 0.3) is 0 Å². The molecule has 0 spiro atoms. The van der Waals surface area contributed by atoms with E-state index in [0.29, 0.717) is 24.5 Å². The van der Waals surface area contributed by atoms with Crippen LogP contribution < -0.4 is 9.64 Å². The molecule has 20 heavy (non-hydrogen) atoms. The van der Waals surface area contributed by atoms with Gasteiger partial charge in [0.2, 0.25) is 0 Å². The van der Waals surface area contributed by atoms with Gasteiger partial charge in [-0.1, -0.05) is 0 Å². The maximum Gasteiger partial charge on any atom is 0.265 e. The highest BCUT2D eigenvalue weighted by atomic mass is 19.1. The van der Waals surface area contributed by atoms with Crippen molar-refractivity contribution in [3.05, 3.63) is 42.2 Å². The van der Waals surface area contributed by atoms with E-state index in [-0.39, 0.29) is 18.3 Å². The third kappa shape index (κ3) is 2.24. The van der Waals surface area contributed by atoms with Crippen molar-refractivity contribution in [3.63, 3.8) is 0 Å². The maximum atomic E-state index is 13.4. The standard InChI is InChI=1S/C14H14FN3O2/c1-10-16-4-5-17(10)6-7-18-12-8-11(15)2-3-13(12)20-9-14(18)19/h2-5,8H,6-7,9H2,1H3. The summed E-state index contributed by atoms with van der Waals surface area (Å²) in [6.07, 6.45) is 3.57. The average Bonchev–Trinajstić information content (AvgIpc) is 2.83. The highest BCUT2D eigenvalue weighted by molar-refractivity contribution is 5.97. The maximum absolute atomic E-state index is 13.4. The largest absolute Gasteiger partial charge is 0.482 e. The first-order chi connectivity index (χ1) is 9.65. The number of carbonyl (C=O) groups excluding carboxylic acids is 1. The van der Waals surface area contributed by atoms with Gasteiger partial charge in [-0.25, -0.2) is 9.37 Å². The Morgan fingerprint density at radius 2 is 2.25 bits per heavy atom. The van der Waals surface area contributed by atoms with Gasteiger partial charge in [-0.2, -0.15) is 0 Å². The molecule has 104 valence electrons. The van der Waals surface area contributed by atoms with E-state index >= 15 is 0 Å². The third-order valence-electron chi connectivity index (χ3n) is 3.35. The number of hydrogen-bond acceptors (Lipinski definition) is 3. The molecule has 0 fully saturated rings. The molecular weight excluding hydrogens is 261 g/mol. The van der Waals surface area contributed by atoms with Crippen molar-refractivity contribution in [2.24, 2.45) is 0 Å². The Labute approximate surface area is 115 Å². The molecule has 6 heteroatoms. The molecule has 0 saturated carbocycles. The van der Waals surface area contributed by atoms with Crippen LogP contribution in [0.15, 0.2) is 30.6 Å². The van der Waals surface area contributed by atoms with Gasteiger partial charge in [-0.05, 0) is 19.1 Å². The molecule has 0 unspecified atom stereocenters. The molecule has 5 nitrogen and oxygen atoms in total. The van der Waals surface area contributed by atoms with E-state index in [0.717, 1.165) is 5.82 Å². The lowest BCUT2D eigenvalue weighted by Gasteiger charge is -2.29. The molecular formula is C14H14FN3O2. The normalized spacial score (nSPS) is 14.1. The first kappa shape index (κ1) is 12.7. The number of imidazole rings is 1. The van der Waals surface area contributed by atoms with Crippen LogP contribution in [0.3, 0.4) is 0 Å². The first-order valence-corrected chi connectivity index (χ1v) is 6.35. The lowest BCUT2D eigenvalue weighted by Crippen LogP contribution is -2.40. The fourth-order valence-corrected chi connectivity index (χ4v) is 2.27. The molecule has 2 aromatic rings. The Hall–Kier alpha value is -2.37. The van der Waals surface area contributed by atoms with Crippen LogP contribution in [0, 0.1) is 12.7 Å². The van der Waals surface area contributed by atoms with E-state index < -0.39 is 0 Å². The number of anilines is 1. The van der Waals surface area contributed by atoms with Gasteiger partial charge in [-0.3, -0.25) is 4.79 Å². The lowest BCUT2D eigenvalue weighted by atomic mass is 10.2. The topological polar surface area (TPSA) is 47.4 Å². The molecule has 0 bridgehead atoms. The third-order valence-corrected chi connectivity index (χ3v) is 3.35. The van der Waals surface area contributed by atoms with Crippen LogP contribution in [-0.2, 0) is 11.3 Å². The summed E-state index contributed by atoms with van der Waals surface area (Å²) in [5, 5.41) is 0. The molecule has 1 aliphatic heterocycles. The summed E-state index contributed by atoms with van der Waals surface area (Å²) in [7, 11) is 0. The summed E-state index contributed by atoms with van der Waals surface area (Å²) in [5.74, 6) is 0.866. The Balaban J connectivity index is 1.84. The zero-order chi connectivity index (χ0) is 14.1. The molecule has 0 N–H and O–H groups in total. The number of benzene rings is 1. The highest BCUT2D eigenvalue weighted by Crippen LogP contribution is 2.32. The van der Waals surface area contributed by atoms with Crippen molar-refractivity contribution in [1.82, 2.24) is 9.55 Å². The molecule has 1 amide bonds. The number of rotatable bonds is 3. The van der Waals surface area contributed by atoms with Crippen LogP contribution in [0.2, 0.25) is 0 Å². The second-order valence-corrected chi connectivity index (χ2v) is 4.61. The molecule has 0 radical (unpaired) electrons. The van der Waals surface area contributed by atoms with E-state index in [9.17, 15) is 9.18 Å². The quantitative estimate of drug-likeness (QED) is 0.857. The first-order valence-electron chi connectivity index (χ1n) is 6.35. The summed E-state index contributed by atoms with van der Waals surface area (Å²) in [6, 6.07) is 4.20. The number of nitrogens with zero attached hydrogens (tertiary/aromatic N) is 3. The number of halogens is 1. The summed E-state index contributed by atoms with van der Waals surface area (Å²) in [6.45, 7) is 2.94. The smallest absolute Gasteiger partial charge is 0.265 e. The fraction of sp³-hybridized carbons (Fsp3) is 0.286. The molecule has 1 aromatic carbocycles. The average molecular weight is 275 g/mol. The number of aryl methyl sites for hydroxylation is 1. The number of amides is 1.